The Morgan fingerprint density at radius 2 is 1.90 bits per heavy atom. The molecule has 1 saturated carbocycles. The van der Waals surface area contributed by atoms with Gasteiger partial charge in [-0.3, -0.25) is 20.2 Å². The predicted molar refractivity (Wildman–Crippen MR) is 93.8 cm³/mol. The number of methoxy groups -OCH3 is 1. The molecule has 12 heteroatoms. The van der Waals surface area contributed by atoms with Gasteiger partial charge in [0.2, 0.25) is 5.75 Å². The molecule has 1 aromatic rings. The van der Waals surface area contributed by atoms with E-state index in [0.29, 0.717) is 12.8 Å². The molecule has 29 heavy (non-hydrogen) atoms. The highest BCUT2D eigenvalue weighted by molar-refractivity contribution is 6.08. The molecule has 0 aromatic heterocycles. The monoisotopic (exact) mass is 419 g/mol. The zero-order valence-corrected chi connectivity index (χ0v) is 15.7. The standard InChI is InChI=1S/C17H20F3N3O6/c1-22(9-6-4-3-5-7-9)16(26)21-15(25)12-10(17(18,19)20)8-11(29-2)14(24)13(12)23(27)28/h8-9,24H,3-7H2,1-2H3,(H,21,25,26). The molecule has 2 N–H and O–H groups in total. The molecular weight excluding hydrogens is 399 g/mol. The van der Waals surface area contributed by atoms with Crippen molar-refractivity contribution in [2.45, 2.75) is 44.3 Å². The fourth-order valence-corrected chi connectivity index (χ4v) is 3.30. The average Bonchev–Trinajstić information content (AvgIpc) is 2.66. The lowest BCUT2D eigenvalue weighted by Gasteiger charge is -2.31. The van der Waals surface area contributed by atoms with Crippen molar-refractivity contribution in [2.24, 2.45) is 0 Å². The summed E-state index contributed by atoms with van der Waals surface area (Å²) in [7, 11) is 2.30. The molecule has 0 atom stereocenters. The largest absolute Gasteiger partial charge is 0.499 e. The third-order valence-corrected chi connectivity index (χ3v) is 4.84. The number of halogens is 3. The summed E-state index contributed by atoms with van der Waals surface area (Å²) in [5.74, 6) is -3.72. The Hall–Kier alpha value is -3.05. The third kappa shape index (κ3) is 4.69. The molecule has 1 aliphatic rings. The molecule has 0 unspecified atom stereocenters. The van der Waals surface area contributed by atoms with Crippen molar-refractivity contribution in [3.63, 3.8) is 0 Å². The second-order valence-electron chi connectivity index (χ2n) is 6.62. The average molecular weight is 419 g/mol. The van der Waals surface area contributed by atoms with Crippen molar-refractivity contribution >= 4 is 17.6 Å². The number of hydrogen-bond donors (Lipinski definition) is 2. The lowest BCUT2D eigenvalue weighted by atomic mass is 9.95. The maximum absolute atomic E-state index is 13.5. The third-order valence-electron chi connectivity index (χ3n) is 4.84. The summed E-state index contributed by atoms with van der Waals surface area (Å²) in [6.07, 6.45) is -1.10. The number of aromatic hydroxyl groups is 1. The molecule has 0 saturated heterocycles. The Morgan fingerprint density at radius 3 is 2.38 bits per heavy atom. The van der Waals surface area contributed by atoms with Crippen molar-refractivity contribution in [1.29, 1.82) is 0 Å². The van der Waals surface area contributed by atoms with Crippen LogP contribution in [0.5, 0.6) is 11.5 Å². The van der Waals surface area contributed by atoms with Crippen molar-refractivity contribution in [3.8, 4) is 11.5 Å². The number of amides is 3. The van der Waals surface area contributed by atoms with E-state index in [4.69, 9.17) is 0 Å². The van der Waals surface area contributed by atoms with Gasteiger partial charge in [0.15, 0.2) is 5.75 Å². The topological polar surface area (TPSA) is 122 Å². The van der Waals surface area contributed by atoms with Gasteiger partial charge in [0, 0.05) is 13.1 Å². The number of carbonyl (C=O) groups is 2. The Morgan fingerprint density at radius 1 is 1.31 bits per heavy atom. The second-order valence-corrected chi connectivity index (χ2v) is 6.62. The predicted octanol–water partition coefficient (Wildman–Crippen LogP) is 3.44. The second kappa shape index (κ2) is 8.53. The molecule has 0 bridgehead atoms. The molecule has 0 radical (unpaired) electrons. The minimum Gasteiger partial charge on any atom is -0.499 e. The zero-order chi connectivity index (χ0) is 21.9. The van der Waals surface area contributed by atoms with Gasteiger partial charge in [0.05, 0.1) is 17.6 Å². The van der Waals surface area contributed by atoms with Crippen LogP contribution in [-0.4, -0.2) is 47.1 Å². The van der Waals surface area contributed by atoms with Crippen LogP contribution in [0.1, 0.15) is 48.0 Å². The zero-order valence-electron chi connectivity index (χ0n) is 15.7. The smallest absolute Gasteiger partial charge is 0.417 e. The number of nitro groups is 1. The number of nitro benzene ring substituents is 1. The summed E-state index contributed by atoms with van der Waals surface area (Å²) in [5.41, 5.74) is -4.67. The first-order valence-electron chi connectivity index (χ1n) is 8.72. The molecule has 2 rings (SSSR count). The maximum atomic E-state index is 13.5. The van der Waals surface area contributed by atoms with Gasteiger partial charge in [-0.15, -0.1) is 0 Å². The number of alkyl halides is 3. The van der Waals surface area contributed by atoms with E-state index in [1.165, 1.54) is 11.9 Å². The van der Waals surface area contributed by atoms with Gasteiger partial charge in [-0.1, -0.05) is 19.3 Å². The number of phenolic OH excluding ortho intramolecular Hbond substituents is 1. The lowest BCUT2D eigenvalue weighted by Crippen LogP contribution is -2.46. The number of rotatable bonds is 4. The van der Waals surface area contributed by atoms with E-state index in [2.05, 4.69) is 4.74 Å². The van der Waals surface area contributed by atoms with Crippen LogP contribution in [0.15, 0.2) is 6.07 Å². The summed E-state index contributed by atoms with van der Waals surface area (Å²) in [6, 6.07) is -0.912. The van der Waals surface area contributed by atoms with Crippen LogP contribution < -0.4 is 10.1 Å². The van der Waals surface area contributed by atoms with Gasteiger partial charge in [-0.2, -0.15) is 13.2 Å². The van der Waals surface area contributed by atoms with Crippen LogP contribution in [0.3, 0.4) is 0 Å². The van der Waals surface area contributed by atoms with Crippen molar-refractivity contribution in [3.05, 3.63) is 27.3 Å². The first kappa shape index (κ1) is 22.2. The van der Waals surface area contributed by atoms with E-state index in [-0.39, 0.29) is 12.1 Å². The highest BCUT2D eigenvalue weighted by Gasteiger charge is 2.43. The summed E-state index contributed by atoms with van der Waals surface area (Å²) >= 11 is 0. The first-order valence-corrected chi connectivity index (χ1v) is 8.72. The van der Waals surface area contributed by atoms with Crippen LogP contribution in [0.2, 0.25) is 0 Å². The van der Waals surface area contributed by atoms with Crippen LogP contribution in [0.25, 0.3) is 0 Å². The van der Waals surface area contributed by atoms with Gasteiger partial charge >= 0.3 is 17.9 Å². The van der Waals surface area contributed by atoms with Crippen LogP contribution in [0, 0.1) is 10.1 Å². The molecule has 9 nitrogen and oxygen atoms in total. The fraction of sp³-hybridized carbons (Fsp3) is 0.529. The fourth-order valence-electron chi connectivity index (χ4n) is 3.30. The van der Waals surface area contributed by atoms with Gasteiger partial charge in [-0.25, -0.2) is 4.79 Å². The number of benzene rings is 1. The minimum atomic E-state index is -5.18. The van der Waals surface area contributed by atoms with E-state index >= 15 is 0 Å². The SMILES string of the molecule is COc1cc(C(F)(F)F)c(C(=O)NC(=O)N(C)C2CCCCC2)c([N+](=O)[O-])c1O. The Bertz CT molecular complexity index is 822. The van der Waals surface area contributed by atoms with E-state index < -0.39 is 51.4 Å². The summed E-state index contributed by atoms with van der Waals surface area (Å²) in [5, 5.41) is 23.0. The quantitative estimate of drug-likeness (QED) is 0.569. The minimum absolute atomic E-state index is 0.196. The van der Waals surface area contributed by atoms with E-state index in [1.54, 1.807) is 5.32 Å². The van der Waals surface area contributed by atoms with Crippen LogP contribution in [0.4, 0.5) is 23.7 Å². The van der Waals surface area contributed by atoms with Gasteiger partial charge in [0.25, 0.3) is 5.91 Å². The molecule has 160 valence electrons. The number of nitrogens with one attached hydrogen (secondary N) is 1. The van der Waals surface area contributed by atoms with E-state index in [0.717, 1.165) is 26.4 Å². The van der Waals surface area contributed by atoms with Gasteiger partial charge < -0.3 is 14.7 Å². The molecule has 0 aliphatic heterocycles. The molecular formula is C17H20F3N3O6. The Balaban J connectivity index is 2.45. The highest BCUT2D eigenvalue weighted by Crippen LogP contribution is 2.45. The summed E-state index contributed by atoms with van der Waals surface area (Å²) in [4.78, 5) is 36.0. The number of hydrogen-bond acceptors (Lipinski definition) is 6. The van der Waals surface area contributed by atoms with Gasteiger partial charge in [0.1, 0.15) is 5.56 Å². The number of phenols is 1. The number of ether oxygens (including phenoxy) is 1. The molecule has 3 amide bonds. The Labute approximate surface area is 163 Å². The van der Waals surface area contributed by atoms with Crippen molar-refractivity contribution < 1.29 is 37.5 Å². The van der Waals surface area contributed by atoms with E-state index in [9.17, 15) is 38.0 Å². The number of carbonyl (C=O) groups excluding carboxylic acids is 2. The van der Waals surface area contributed by atoms with E-state index in [1.807, 2.05) is 0 Å². The number of nitrogens with zero attached hydrogens (tertiary/aromatic N) is 2. The number of urea groups is 1. The Kier molecular flexibility index (Phi) is 6.55. The van der Waals surface area contributed by atoms with Crippen molar-refractivity contribution in [2.75, 3.05) is 14.2 Å². The molecule has 1 aromatic carbocycles. The van der Waals surface area contributed by atoms with Crippen molar-refractivity contribution in [1.82, 2.24) is 10.2 Å². The summed E-state index contributed by atoms with van der Waals surface area (Å²) in [6.45, 7) is 0. The van der Waals surface area contributed by atoms with Crippen LogP contribution >= 0.6 is 0 Å². The highest BCUT2D eigenvalue weighted by atomic mass is 19.4. The maximum Gasteiger partial charge on any atom is 0.417 e. The molecule has 0 heterocycles. The molecule has 1 aliphatic carbocycles. The van der Waals surface area contributed by atoms with Gasteiger partial charge in [-0.05, 0) is 18.9 Å². The lowest BCUT2D eigenvalue weighted by molar-refractivity contribution is -0.386. The van der Waals surface area contributed by atoms with Crippen LogP contribution in [-0.2, 0) is 6.18 Å². The normalized spacial score (nSPS) is 14.9. The molecule has 0 spiro atoms. The number of imide groups is 1. The summed E-state index contributed by atoms with van der Waals surface area (Å²) < 4.78 is 44.9. The first-order chi connectivity index (χ1) is 13.5. The molecule has 1 fully saturated rings.